The molecule has 0 amide bonds. The fourth-order valence-electron chi connectivity index (χ4n) is 2.25. The van der Waals surface area contributed by atoms with Crippen molar-refractivity contribution in [2.75, 3.05) is 0 Å². The summed E-state index contributed by atoms with van der Waals surface area (Å²) in [6, 6.07) is 14.4. The van der Waals surface area contributed by atoms with Crippen molar-refractivity contribution in [2.45, 2.75) is 6.92 Å². The van der Waals surface area contributed by atoms with Crippen LogP contribution in [0.4, 0.5) is 0 Å². The number of aryl methyl sites for hydroxylation is 1. The molecule has 104 valence electrons. The van der Waals surface area contributed by atoms with Crippen LogP contribution in [0.1, 0.15) is 16.9 Å². The van der Waals surface area contributed by atoms with Crippen LogP contribution >= 0.6 is 0 Å². The number of phenolic OH excluding ortho intramolecular Hbond substituents is 1. The minimum atomic E-state index is -0.249. The number of rotatable bonds is 2. The quantitative estimate of drug-likeness (QED) is 0.771. The lowest BCUT2D eigenvalue weighted by Crippen LogP contribution is -2.00. The molecule has 0 aliphatic carbocycles. The Kier molecular flexibility index (Phi) is 3.32. The van der Waals surface area contributed by atoms with E-state index < -0.39 is 0 Å². The zero-order valence-corrected chi connectivity index (χ0v) is 11.5. The molecular formula is C18H14O3. The SMILES string of the molecule is Cc1cc(O)c2c(=O)cc(/C=C/c3ccccc3)oc2c1. The predicted molar refractivity (Wildman–Crippen MR) is 84.3 cm³/mol. The first-order valence-electron chi connectivity index (χ1n) is 6.64. The summed E-state index contributed by atoms with van der Waals surface area (Å²) < 4.78 is 5.68. The molecule has 3 heteroatoms. The van der Waals surface area contributed by atoms with E-state index >= 15 is 0 Å². The summed E-state index contributed by atoms with van der Waals surface area (Å²) in [4.78, 5) is 12.1. The lowest BCUT2D eigenvalue weighted by Gasteiger charge is -2.03. The summed E-state index contributed by atoms with van der Waals surface area (Å²) >= 11 is 0. The van der Waals surface area contributed by atoms with Crippen LogP contribution in [-0.2, 0) is 0 Å². The van der Waals surface area contributed by atoms with Crippen molar-refractivity contribution < 1.29 is 9.52 Å². The van der Waals surface area contributed by atoms with Crippen LogP contribution < -0.4 is 5.43 Å². The van der Waals surface area contributed by atoms with Crippen molar-refractivity contribution >= 4 is 23.1 Å². The van der Waals surface area contributed by atoms with E-state index in [2.05, 4.69) is 0 Å². The summed E-state index contributed by atoms with van der Waals surface area (Å²) in [7, 11) is 0. The topological polar surface area (TPSA) is 50.4 Å². The molecular weight excluding hydrogens is 264 g/mol. The second-order valence-electron chi connectivity index (χ2n) is 4.91. The van der Waals surface area contributed by atoms with Crippen LogP contribution in [0.3, 0.4) is 0 Å². The fourth-order valence-corrected chi connectivity index (χ4v) is 2.25. The van der Waals surface area contributed by atoms with E-state index in [0.717, 1.165) is 11.1 Å². The lowest BCUT2D eigenvalue weighted by molar-refractivity contribution is 0.479. The van der Waals surface area contributed by atoms with E-state index in [1.165, 1.54) is 6.07 Å². The van der Waals surface area contributed by atoms with Gasteiger partial charge in [-0.1, -0.05) is 36.4 Å². The maximum Gasteiger partial charge on any atom is 0.197 e. The number of hydrogen-bond acceptors (Lipinski definition) is 3. The molecule has 0 aliphatic heterocycles. The van der Waals surface area contributed by atoms with Gasteiger partial charge in [0.2, 0.25) is 0 Å². The van der Waals surface area contributed by atoms with Gasteiger partial charge in [0.1, 0.15) is 22.5 Å². The van der Waals surface area contributed by atoms with Gasteiger partial charge in [0.25, 0.3) is 0 Å². The highest BCUT2D eigenvalue weighted by Crippen LogP contribution is 2.24. The Morgan fingerprint density at radius 1 is 1.05 bits per heavy atom. The molecule has 0 aliphatic rings. The van der Waals surface area contributed by atoms with Crippen LogP contribution in [0.2, 0.25) is 0 Å². The second-order valence-corrected chi connectivity index (χ2v) is 4.91. The molecule has 0 saturated carbocycles. The van der Waals surface area contributed by atoms with Gasteiger partial charge >= 0.3 is 0 Å². The minimum absolute atomic E-state index is 0.0441. The Morgan fingerprint density at radius 2 is 1.81 bits per heavy atom. The average molecular weight is 278 g/mol. The average Bonchev–Trinajstić information content (AvgIpc) is 2.45. The molecule has 0 bridgehead atoms. The van der Waals surface area contributed by atoms with Gasteiger partial charge in [-0.05, 0) is 36.3 Å². The predicted octanol–water partition coefficient (Wildman–Crippen LogP) is 3.98. The molecule has 0 radical (unpaired) electrons. The van der Waals surface area contributed by atoms with E-state index in [1.54, 1.807) is 18.2 Å². The molecule has 0 saturated heterocycles. The van der Waals surface area contributed by atoms with E-state index in [-0.39, 0.29) is 16.6 Å². The summed E-state index contributed by atoms with van der Waals surface area (Å²) in [5.41, 5.74) is 2.01. The second kappa shape index (κ2) is 5.29. The summed E-state index contributed by atoms with van der Waals surface area (Å²) in [5.74, 6) is 0.415. The van der Waals surface area contributed by atoms with E-state index in [9.17, 15) is 9.90 Å². The van der Waals surface area contributed by atoms with Gasteiger partial charge in [0, 0.05) is 6.07 Å². The van der Waals surface area contributed by atoms with Crippen LogP contribution in [0.25, 0.3) is 23.1 Å². The standard InChI is InChI=1S/C18H14O3/c1-12-9-15(19)18-16(20)11-14(21-17(18)10-12)8-7-13-5-3-2-4-6-13/h2-11,19H,1H3/b8-7+. The molecule has 0 atom stereocenters. The smallest absolute Gasteiger partial charge is 0.197 e. The van der Waals surface area contributed by atoms with Gasteiger partial charge in [-0.15, -0.1) is 0 Å². The van der Waals surface area contributed by atoms with Gasteiger partial charge in [0.15, 0.2) is 5.43 Å². The van der Waals surface area contributed by atoms with Crippen molar-refractivity contribution in [2.24, 2.45) is 0 Å². The van der Waals surface area contributed by atoms with Crippen LogP contribution in [-0.4, -0.2) is 5.11 Å². The van der Waals surface area contributed by atoms with Gasteiger partial charge in [-0.2, -0.15) is 0 Å². The molecule has 1 heterocycles. The fraction of sp³-hybridized carbons (Fsp3) is 0.0556. The Morgan fingerprint density at radius 3 is 2.57 bits per heavy atom. The van der Waals surface area contributed by atoms with Crippen LogP contribution in [0, 0.1) is 6.92 Å². The van der Waals surface area contributed by atoms with Gasteiger partial charge < -0.3 is 9.52 Å². The first-order valence-corrected chi connectivity index (χ1v) is 6.64. The van der Waals surface area contributed by atoms with Gasteiger partial charge in [0.05, 0.1) is 0 Å². The Labute approximate surface area is 121 Å². The minimum Gasteiger partial charge on any atom is -0.507 e. The maximum absolute atomic E-state index is 12.1. The summed E-state index contributed by atoms with van der Waals surface area (Å²) in [6.45, 7) is 1.84. The Bertz CT molecular complexity index is 874. The molecule has 3 rings (SSSR count). The maximum atomic E-state index is 12.1. The molecule has 1 N–H and O–H groups in total. The van der Waals surface area contributed by atoms with Crippen LogP contribution in [0.15, 0.2) is 57.7 Å². The third-order valence-electron chi connectivity index (χ3n) is 3.21. The number of fused-ring (bicyclic) bond motifs is 1. The summed E-state index contributed by atoms with van der Waals surface area (Å²) in [6.07, 6.45) is 3.62. The van der Waals surface area contributed by atoms with Gasteiger partial charge in [-0.3, -0.25) is 4.79 Å². The number of phenols is 1. The number of aromatic hydroxyl groups is 1. The highest BCUT2D eigenvalue weighted by Gasteiger charge is 2.08. The first-order chi connectivity index (χ1) is 10.1. The third-order valence-corrected chi connectivity index (χ3v) is 3.21. The molecule has 3 aromatic rings. The molecule has 2 aromatic carbocycles. The highest BCUT2D eigenvalue weighted by atomic mass is 16.3. The molecule has 1 aromatic heterocycles. The Balaban J connectivity index is 2.09. The lowest BCUT2D eigenvalue weighted by atomic mass is 10.1. The molecule has 0 fully saturated rings. The van der Waals surface area contributed by atoms with E-state index in [1.807, 2.05) is 43.3 Å². The van der Waals surface area contributed by atoms with Crippen molar-refractivity contribution in [1.82, 2.24) is 0 Å². The van der Waals surface area contributed by atoms with Crippen molar-refractivity contribution in [3.8, 4) is 5.75 Å². The van der Waals surface area contributed by atoms with Crippen molar-refractivity contribution in [3.63, 3.8) is 0 Å². The zero-order chi connectivity index (χ0) is 14.8. The zero-order valence-electron chi connectivity index (χ0n) is 11.5. The molecule has 3 nitrogen and oxygen atoms in total. The van der Waals surface area contributed by atoms with E-state index in [4.69, 9.17) is 4.42 Å². The summed E-state index contributed by atoms with van der Waals surface area (Å²) in [5, 5.41) is 10.1. The molecule has 0 spiro atoms. The highest BCUT2D eigenvalue weighted by molar-refractivity contribution is 5.84. The first kappa shape index (κ1) is 13.2. The van der Waals surface area contributed by atoms with Crippen molar-refractivity contribution in [3.05, 3.63) is 75.6 Å². The number of benzene rings is 2. The number of hydrogen-bond donors (Lipinski definition) is 1. The van der Waals surface area contributed by atoms with Gasteiger partial charge in [-0.25, -0.2) is 0 Å². The van der Waals surface area contributed by atoms with Crippen molar-refractivity contribution in [1.29, 1.82) is 0 Å². The Hall–Kier alpha value is -2.81. The van der Waals surface area contributed by atoms with Crippen LogP contribution in [0.5, 0.6) is 5.75 Å². The normalized spacial score (nSPS) is 11.3. The third kappa shape index (κ3) is 2.72. The largest absolute Gasteiger partial charge is 0.507 e. The van der Waals surface area contributed by atoms with E-state index in [0.29, 0.717) is 11.3 Å². The molecule has 0 unspecified atom stereocenters. The monoisotopic (exact) mass is 278 g/mol. The molecule has 21 heavy (non-hydrogen) atoms.